The highest BCUT2D eigenvalue weighted by atomic mass is 16.5. The number of rotatable bonds is 5. The topological polar surface area (TPSA) is 88.3 Å². The maximum absolute atomic E-state index is 12.5. The molecule has 9 heteroatoms. The Morgan fingerprint density at radius 1 is 1.41 bits per heavy atom. The van der Waals surface area contributed by atoms with E-state index in [1.807, 2.05) is 44.1 Å². The quantitative estimate of drug-likeness (QED) is 0.411. The summed E-state index contributed by atoms with van der Waals surface area (Å²) in [6.07, 6.45) is 5.14. The average Bonchev–Trinajstić information content (AvgIpc) is 2.70. The lowest BCUT2D eigenvalue weighted by Crippen LogP contribution is -2.58. The second-order valence-corrected chi connectivity index (χ2v) is 7.60. The van der Waals surface area contributed by atoms with Gasteiger partial charge in [-0.25, -0.2) is 9.98 Å². The molecule has 1 aromatic rings. The van der Waals surface area contributed by atoms with Gasteiger partial charge in [-0.3, -0.25) is 4.79 Å². The van der Waals surface area contributed by atoms with E-state index in [9.17, 15) is 10.1 Å². The molecule has 0 aliphatic carbocycles. The Balaban J connectivity index is 1.75. The van der Waals surface area contributed by atoms with E-state index in [1.165, 1.54) is 0 Å². The van der Waals surface area contributed by atoms with Gasteiger partial charge in [-0.1, -0.05) is 6.08 Å². The van der Waals surface area contributed by atoms with E-state index in [2.05, 4.69) is 20.9 Å². The van der Waals surface area contributed by atoms with Crippen molar-refractivity contribution in [1.29, 1.82) is 5.26 Å². The lowest BCUT2D eigenvalue weighted by atomic mass is 10.1. The number of piperazine rings is 1. The smallest absolute Gasteiger partial charge is 0.246 e. The van der Waals surface area contributed by atoms with Crippen molar-refractivity contribution < 1.29 is 9.53 Å². The van der Waals surface area contributed by atoms with E-state index < -0.39 is 0 Å². The fraction of sp³-hybridized carbons (Fsp3) is 0.500. The largest absolute Gasteiger partial charge is 0.487 e. The molecule has 1 amide bonds. The molecular formula is C20H27N7O2. The van der Waals surface area contributed by atoms with Gasteiger partial charge >= 0.3 is 0 Å². The molecule has 3 heterocycles. The first kappa shape index (κ1) is 20.6. The summed E-state index contributed by atoms with van der Waals surface area (Å²) in [7, 11) is 7.65. The number of carbonyl (C=O) groups is 1. The molecule has 0 saturated carbocycles. The molecule has 0 spiro atoms. The minimum Gasteiger partial charge on any atom is -0.487 e. The predicted molar refractivity (Wildman–Crippen MR) is 112 cm³/mol. The number of hydrogen-bond donors (Lipinski definition) is 0. The predicted octanol–water partition coefficient (Wildman–Crippen LogP) is 0.702. The zero-order chi connectivity index (χ0) is 21.0. The average molecular weight is 397 g/mol. The summed E-state index contributed by atoms with van der Waals surface area (Å²) in [5, 5.41) is 9.49. The summed E-state index contributed by atoms with van der Waals surface area (Å²) in [6.45, 7) is 3.00. The van der Waals surface area contributed by atoms with Gasteiger partial charge in [0.2, 0.25) is 5.91 Å². The monoisotopic (exact) mass is 397 g/mol. The Kier molecular flexibility index (Phi) is 6.34. The fourth-order valence-corrected chi connectivity index (χ4v) is 3.28. The van der Waals surface area contributed by atoms with E-state index in [-0.39, 0.29) is 17.6 Å². The van der Waals surface area contributed by atoms with Crippen molar-refractivity contribution in [3.63, 3.8) is 0 Å². The number of hydrogen-bond acceptors (Lipinski definition) is 7. The molecule has 0 bridgehead atoms. The van der Waals surface area contributed by atoms with Crippen molar-refractivity contribution in [2.24, 2.45) is 4.99 Å². The number of pyridine rings is 1. The lowest BCUT2D eigenvalue weighted by Gasteiger charge is -2.44. The standard InChI is InChI=1S/C20H27N7O2/c1-24(2)7-5-6-19(28)26-8-9-27-15(12-26)13-29-18-10-16(22-14-25(3)4)17(11-21)23-20(18)27/h5-6,10,14-15H,7-9,12-13H2,1-4H3/b6-5+,22-14?/t15-/m0/s1. The second-order valence-electron chi connectivity index (χ2n) is 7.60. The molecule has 1 atom stereocenters. The Morgan fingerprint density at radius 2 is 2.21 bits per heavy atom. The molecule has 2 aliphatic rings. The molecule has 3 rings (SSSR count). The van der Waals surface area contributed by atoms with Crippen molar-refractivity contribution in [3.8, 4) is 11.8 Å². The van der Waals surface area contributed by atoms with Gasteiger partial charge in [0.1, 0.15) is 18.4 Å². The molecule has 154 valence electrons. The van der Waals surface area contributed by atoms with E-state index in [1.54, 1.807) is 23.4 Å². The molecule has 2 aliphatic heterocycles. The van der Waals surface area contributed by atoms with Crippen molar-refractivity contribution in [2.45, 2.75) is 6.04 Å². The van der Waals surface area contributed by atoms with E-state index in [4.69, 9.17) is 4.74 Å². The molecule has 0 radical (unpaired) electrons. The number of carbonyl (C=O) groups excluding carboxylic acids is 1. The van der Waals surface area contributed by atoms with Gasteiger partial charge in [-0.05, 0) is 14.1 Å². The van der Waals surface area contributed by atoms with Crippen molar-refractivity contribution in [2.75, 3.05) is 65.9 Å². The number of ether oxygens (including phenoxy) is 1. The van der Waals surface area contributed by atoms with Crippen LogP contribution in [0.2, 0.25) is 0 Å². The van der Waals surface area contributed by atoms with Gasteiger partial charge in [0, 0.05) is 52.4 Å². The molecule has 0 N–H and O–H groups in total. The maximum atomic E-state index is 12.5. The molecule has 1 saturated heterocycles. The third-order valence-electron chi connectivity index (χ3n) is 4.71. The summed E-state index contributed by atoms with van der Waals surface area (Å²) >= 11 is 0. The summed E-state index contributed by atoms with van der Waals surface area (Å²) < 4.78 is 5.92. The number of likely N-dealkylation sites (N-methyl/N-ethyl adjacent to an activating group) is 1. The maximum Gasteiger partial charge on any atom is 0.246 e. The number of amides is 1. The van der Waals surface area contributed by atoms with Gasteiger partial charge in [0.15, 0.2) is 17.3 Å². The van der Waals surface area contributed by atoms with Crippen LogP contribution in [0.25, 0.3) is 0 Å². The van der Waals surface area contributed by atoms with Gasteiger partial charge in [0.25, 0.3) is 0 Å². The molecule has 1 aromatic heterocycles. The normalized spacial score (nSPS) is 18.6. The summed E-state index contributed by atoms with van der Waals surface area (Å²) in [5.41, 5.74) is 0.745. The number of anilines is 1. The van der Waals surface area contributed by atoms with Crippen molar-refractivity contribution in [1.82, 2.24) is 19.7 Å². The van der Waals surface area contributed by atoms with Gasteiger partial charge < -0.3 is 24.3 Å². The number of nitrogens with zero attached hydrogens (tertiary/aromatic N) is 7. The Bertz CT molecular complexity index is 857. The van der Waals surface area contributed by atoms with Crippen molar-refractivity contribution >= 4 is 23.8 Å². The highest BCUT2D eigenvalue weighted by molar-refractivity contribution is 5.88. The highest BCUT2D eigenvalue weighted by Crippen LogP contribution is 2.37. The first-order valence-corrected chi connectivity index (χ1v) is 9.54. The van der Waals surface area contributed by atoms with Crippen LogP contribution >= 0.6 is 0 Å². The van der Waals surface area contributed by atoms with Crippen LogP contribution in [0.4, 0.5) is 11.5 Å². The number of fused-ring (bicyclic) bond motifs is 3. The third kappa shape index (κ3) is 4.84. The van der Waals surface area contributed by atoms with Crippen molar-refractivity contribution in [3.05, 3.63) is 23.9 Å². The van der Waals surface area contributed by atoms with Crippen LogP contribution in [-0.4, -0.2) is 98.9 Å². The molecular weight excluding hydrogens is 370 g/mol. The van der Waals surface area contributed by atoms with Gasteiger partial charge in [0.05, 0.1) is 12.4 Å². The Labute approximate surface area is 171 Å². The van der Waals surface area contributed by atoms with Crippen LogP contribution < -0.4 is 9.64 Å². The van der Waals surface area contributed by atoms with E-state index in [0.29, 0.717) is 43.5 Å². The third-order valence-corrected chi connectivity index (χ3v) is 4.71. The zero-order valence-electron chi connectivity index (χ0n) is 17.4. The van der Waals surface area contributed by atoms with Gasteiger partial charge in [-0.15, -0.1) is 0 Å². The zero-order valence-corrected chi connectivity index (χ0v) is 17.4. The van der Waals surface area contributed by atoms with Crippen LogP contribution in [0.5, 0.6) is 5.75 Å². The SMILES string of the molecule is CN(C)C=Nc1cc2c(nc1C#N)N1CCN(C(=O)/C=C/CN(C)C)C[C@H]1CO2. The fourth-order valence-electron chi connectivity index (χ4n) is 3.28. The Hall–Kier alpha value is -3.12. The number of nitriles is 1. The van der Waals surface area contributed by atoms with E-state index >= 15 is 0 Å². The molecule has 9 nitrogen and oxygen atoms in total. The highest BCUT2D eigenvalue weighted by Gasteiger charge is 2.35. The first-order chi connectivity index (χ1) is 13.9. The minimum absolute atomic E-state index is 0.0105. The molecule has 0 unspecified atom stereocenters. The Morgan fingerprint density at radius 3 is 2.90 bits per heavy atom. The van der Waals surface area contributed by atoms with Crippen LogP contribution in [0.1, 0.15) is 5.69 Å². The minimum atomic E-state index is 0.0105. The lowest BCUT2D eigenvalue weighted by molar-refractivity contribution is -0.127. The number of aromatic nitrogens is 1. The van der Waals surface area contributed by atoms with Crippen LogP contribution in [0, 0.1) is 11.3 Å². The number of aliphatic imine (C=N–C) groups is 1. The first-order valence-electron chi connectivity index (χ1n) is 9.54. The van der Waals surface area contributed by atoms with E-state index in [0.717, 1.165) is 6.54 Å². The second kappa shape index (κ2) is 8.92. The molecule has 1 fully saturated rings. The summed E-state index contributed by atoms with van der Waals surface area (Å²) in [4.78, 5) is 29.1. The van der Waals surface area contributed by atoms with Crippen LogP contribution in [0.3, 0.4) is 0 Å². The van der Waals surface area contributed by atoms with Gasteiger partial charge in [-0.2, -0.15) is 5.26 Å². The summed E-state index contributed by atoms with van der Waals surface area (Å²) in [5.74, 6) is 1.28. The molecule has 0 aromatic carbocycles. The summed E-state index contributed by atoms with van der Waals surface area (Å²) in [6, 6.07) is 3.90. The van der Waals surface area contributed by atoms with Crippen LogP contribution in [0.15, 0.2) is 23.2 Å². The van der Waals surface area contributed by atoms with Crippen LogP contribution in [-0.2, 0) is 4.79 Å². The molecule has 29 heavy (non-hydrogen) atoms.